The topological polar surface area (TPSA) is 148 Å². The van der Waals surface area contributed by atoms with Gasteiger partial charge in [0.2, 0.25) is 0 Å². The Morgan fingerprint density at radius 2 is 0.344 bits per heavy atom. The Balaban J connectivity index is 1.13. The molecule has 0 aliphatic carbocycles. The Kier molecular flexibility index (Phi) is 3.00. The maximum Gasteiger partial charge on any atom is 0.316 e. The summed E-state index contributed by atoms with van der Waals surface area (Å²) < 4.78 is 93.0. The highest BCUT2D eigenvalue weighted by Crippen LogP contribution is 2.56. The van der Waals surface area contributed by atoms with Crippen LogP contribution in [0, 0.1) is 0 Å². The largest absolute Gasteiger partial charge is 0.317 e. The second-order valence-corrected chi connectivity index (χ2v) is 8.59. The molecule has 9 aliphatic rings. The van der Waals surface area contributed by atoms with Gasteiger partial charge in [0.15, 0.2) is 0 Å². The van der Waals surface area contributed by atoms with Crippen LogP contribution in [0.5, 0.6) is 0 Å². The average Bonchev–Trinajstić information content (AvgIpc) is 3.61. The number of hydrogen-bond acceptors (Lipinski definition) is 16. The van der Waals surface area contributed by atoms with Crippen molar-refractivity contribution in [3.05, 3.63) is 0 Å². The molecule has 9 rings (SSSR count). The number of rotatable bonds is 0. The molecule has 9 fully saturated rings. The molecule has 9 saturated heterocycles. The van der Waals surface area contributed by atoms with Crippen LogP contribution in [0.25, 0.3) is 0 Å². The molecule has 9 aliphatic heterocycles. The molecule has 176 valence electrons. The minimum Gasteiger partial charge on any atom is -0.317 e. The first-order chi connectivity index (χ1) is 15.3. The smallest absolute Gasteiger partial charge is 0.316 e. The van der Waals surface area contributed by atoms with Crippen LogP contribution < -0.4 is 0 Å². The van der Waals surface area contributed by atoms with Crippen LogP contribution in [0.3, 0.4) is 0 Å². The average molecular weight is 464 g/mol. The first-order valence-corrected chi connectivity index (χ1v) is 10.0. The molecule has 16 heteroatoms. The monoisotopic (exact) mass is 464 g/mol. The second-order valence-electron chi connectivity index (χ2n) is 8.59. The molecular formula is C16H16O16. The zero-order chi connectivity index (χ0) is 21.0. The van der Waals surface area contributed by atoms with Gasteiger partial charge in [-0.25, -0.2) is 0 Å². The van der Waals surface area contributed by atoms with Gasteiger partial charge in [0.05, 0.1) is 0 Å². The van der Waals surface area contributed by atoms with E-state index in [4.69, 9.17) is 75.8 Å². The maximum atomic E-state index is 5.90. The highest BCUT2D eigenvalue weighted by atomic mass is 17.2. The minimum absolute atomic E-state index is 0.180. The first kappa shape index (κ1) is 18.7. The molecular weight excluding hydrogens is 448 g/mol. The Morgan fingerprint density at radius 1 is 0.219 bits per heavy atom. The second kappa shape index (κ2) is 5.14. The zero-order valence-electron chi connectivity index (χ0n) is 16.2. The standard InChI is InChI=1S/C16H16O16/c1-9-18-3-11(26-9)20-5-13(28-11)22-7-15(30-13)24-8-16(32-15)23-6-14(31-16)21-4-12(29-14)19-2-10(17-1,25-9)27-12/h1-8H2. The van der Waals surface area contributed by atoms with E-state index < -0.39 is 47.8 Å². The van der Waals surface area contributed by atoms with Crippen LogP contribution in [0.1, 0.15) is 0 Å². The Morgan fingerprint density at radius 3 is 0.469 bits per heavy atom. The van der Waals surface area contributed by atoms with E-state index in [1.165, 1.54) is 0 Å². The van der Waals surface area contributed by atoms with E-state index in [2.05, 4.69) is 0 Å². The van der Waals surface area contributed by atoms with E-state index in [1.807, 2.05) is 0 Å². The van der Waals surface area contributed by atoms with E-state index >= 15 is 0 Å². The summed E-state index contributed by atoms with van der Waals surface area (Å²) in [5, 5.41) is 0. The van der Waals surface area contributed by atoms with Crippen LogP contribution in [0.15, 0.2) is 0 Å². The molecule has 16 nitrogen and oxygen atoms in total. The first-order valence-electron chi connectivity index (χ1n) is 10.0. The fourth-order valence-corrected chi connectivity index (χ4v) is 4.92. The minimum atomic E-state index is -1.70. The fourth-order valence-electron chi connectivity index (χ4n) is 4.92. The molecule has 0 aromatic rings. The van der Waals surface area contributed by atoms with E-state index in [-0.39, 0.29) is 52.9 Å². The van der Waals surface area contributed by atoms with Crippen molar-refractivity contribution in [2.45, 2.75) is 47.8 Å². The molecule has 0 aromatic carbocycles. The summed E-state index contributed by atoms with van der Waals surface area (Å²) >= 11 is 0. The van der Waals surface area contributed by atoms with Gasteiger partial charge in [0, 0.05) is 0 Å². The summed E-state index contributed by atoms with van der Waals surface area (Å²) in [6.07, 6.45) is 0. The number of ether oxygens (including phenoxy) is 16. The molecule has 9 heterocycles. The summed E-state index contributed by atoms with van der Waals surface area (Å²) in [4.78, 5) is 0. The van der Waals surface area contributed by atoms with Gasteiger partial charge in [-0.2, -0.15) is 0 Å². The van der Waals surface area contributed by atoms with Gasteiger partial charge in [-0.15, -0.1) is 0 Å². The fraction of sp³-hybridized carbons (Fsp3) is 1.00. The van der Waals surface area contributed by atoms with E-state index in [0.717, 1.165) is 0 Å². The molecule has 0 unspecified atom stereocenters. The van der Waals surface area contributed by atoms with Crippen LogP contribution in [-0.4, -0.2) is 101 Å². The highest BCUT2D eigenvalue weighted by Gasteiger charge is 2.77. The van der Waals surface area contributed by atoms with Gasteiger partial charge in [-0.05, 0) is 0 Å². The van der Waals surface area contributed by atoms with Gasteiger partial charge in [-0.3, -0.25) is 37.9 Å². The van der Waals surface area contributed by atoms with Crippen molar-refractivity contribution in [2.24, 2.45) is 0 Å². The molecule has 32 heavy (non-hydrogen) atoms. The molecule has 0 saturated carbocycles. The predicted molar refractivity (Wildman–Crippen MR) is 78.1 cm³/mol. The van der Waals surface area contributed by atoms with Gasteiger partial charge in [0.1, 0.15) is 52.9 Å². The van der Waals surface area contributed by atoms with Crippen molar-refractivity contribution in [2.75, 3.05) is 52.9 Å². The van der Waals surface area contributed by atoms with Gasteiger partial charge >= 0.3 is 47.8 Å². The third-order valence-corrected chi connectivity index (χ3v) is 6.24. The lowest BCUT2D eigenvalue weighted by molar-refractivity contribution is -0.488. The van der Waals surface area contributed by atoms with Crippen molar-refractivity contribution in [1.82, 2.24) is 0 Å². The summed E-state index contributed by atoms with van der Waals surface area (Å²) in [5.74, 6) is -13.6. The SMILES string of the molecule is C1OC23COC4(COC5(COC6(COC7(COC8(COC9(COC1(O2)O9)O8)O7)O6)O5)O4)O3. The third-order valence-electron chi connectivity index (χ3n) is 6.24. The lowest BCUT2D eigenvalue weighted by atomic mass is 10.6. The van der Waals surface area contributed by atoms with Gasteiger partial charge in [0.25, 0.3) is 0 Å². The number of hydrogen-bond donors (Lipinski definition) is 0. The lowest BCUT2D eigenvalue weighted by Crippen LogP contribution is -2.47. The molecule has 0 atom stereocenters. The van der Waals surface area contributed by atoms with Crippen molar-refractivity contribution in [1.29, 1.82) is 0 Å². The summed E-state index contributed by atoms with van der Waals surface area (Å²) in [6, 6.07) is 0. The van der Waals surface area contributed by atoms with E-state index in [0.29, 0.717) is 0 Å². The summed E-state index contributed by atoms with van der Waals surface area (Å²) in [5.41, 5.74) is 0. The van der Waals surface area contributed by atoms with Gasteiger partial charge < -0.3 is 37.9 Å². The van der Waals surface area contributed by atoms with Crippen molar-refractivity contribution in [3.63, 3.8) is 0 Å². The molecule has 0 aromatic heterocycles. The normalized spacial score (nSPS) is 66.0. The van der Waals surface area contributed by atoms with Crippen LogP contribution in [0.2, 0.25) is 0 Å². The molecule has 0 radical (unpaired) electrons. The summed E-state index contributed by atoms with van der Waals surface area (Å²) in [7, 11) is 0. The van der Waals surface area contributed by atoms with E-state index in [9.17, 15) is 0 Å². The summed E-state index contributed by atoms with van der Waals surface area (Å²) in [6.45, 7) is -1.44. The molecule has 8 spiro atoms. The van der Waals surface area contributed by atoms with Crippen LogP contribution >= 0.6 is 0 Å². The zero-order valence-corrected chi connectivity index (χ0v) is 16.2. The van der Waals surface area contributed by atoms with Crippen LogP contribution in [-0.2, 0) is 75.8 Å². The Hall–Kier alpha value is -0.640. The van der Waals surface area contributed by atoms with Crippen LogP contribution in [0.4, 0.5) is 0 Å². The maximum absolute atomic E-state index is 5.90. The van der Waals surface area contributed by atoms with Gasteiger partial charge in [-0.1, -0.05) is 0 Å². The Bertz CT molecular complexity index is 624. The third kappa shape index (κ3) is 2.21. The molecule has 8 bridgehead atoms. The van der Waals surface area contributed by atoms with Crippen molar-refractivity contribution >= 4 is 0 Å². The molecule has 0 N–H and O–H groups in total. The highest BCUT2D eigenvalue weighted by molar-refractivity contribution is 4.92. The Labute approximate surface area is 177 Å². The van der Waals surface area contributed by atoms with Crippen molar-refractivity contribution in [3.8, 4) is 0 Å². The van der Waals surface area contributed by atoms with Crippen molar-refractivity contribution < 1.29 is 75.8 Å². The molecule has 0 amide bonds. The predicted octanol–water partition coefficient (Wildman–Crippen LogP) is -2.40. The quantitative estimate of drug-likeness (QED) is 0.375. The lowest BCUT2D eigenvalue weighted by Gasteiger charge is -2.29. The van der Waals surface area contributed by atoms with E-state index in [1.54, 1.807) is 0 Å².